The Labute approximate surface area is 288 Å². The second-order valence-electron chi connectivity index (χ2n) is 13.5. The number of likely N-dealkylation sites (tertiary alicyclic amines) is 1. The van der Waals surface area contributed by atoms with Crippen molar-refractivity contribution in [3.63, 3.8) is 0 Å². The van der Waals surface area contributed by atoms with E-state index in [9.17, 15) is 23.6 Å². The molecule has 0 bridgehead atoms. The Balaban J connectivity index is 1.01. The lowest BCUT2D eigenvalue weighted by Crippen LogP contribution is -2.50. The molecule has 2 atom stereocenters. The van der Waals surface area contributed by atoms with Crippen LogP contribution < -0.4 is 10.1 Å². The third-order valence-electron chi connectivity index (χ3n) is 8.65. The first-order chi connectivity index (χ1) is 23.9. The monoisotopic (exact) mass is 688 g/mol. The molecular weight excluding hydrogens is 647 g/mol. The molecule has 4 aromatic rings. The molecule has 1 N–H and O–H groups in total. The average Bonchev–Trinajstić information content (AvgIpc) is 3.71. The summed E-state index contributed by atoms with van der Waals surface area (Å²) < 4.78 is 31.6. The van der Waals surface area contributed by atoms with Crippen molar-refractivity contribution in [1.82, 2.24) is 30.0 Å². The molecule has 2 saturated heterocycles. The van der Waals surface area contributed by atoms with Crippen LogP contribution in [-0.2, 0) is 9.53 Å². The van der Waals surface area contributed by atoms with Gasteiger partial charge in [0.05, 0.1) is 30.8 Å². The number of nitrogens with zero attached hydrogens (tertiary/aromatic N) is 5. The summed E-state index contributed by atoms with van der Waals surface area (Å²) in [4.78, 5) is 65.8. The quantitative estimate of drug-likeness (QED) is 0.190. The fraction of sp³-hybridized carbons (Fsp3) is 0.444. The lowest BCUT2D eigenvalue weighted by atomic mass is 10.1. The van der Waals surface area contributed by atoms with Gasteiger partial charge in [0.2, 0.25) is 11.7 Å². The summed E-state index contributed by atoms with van der Waals surface area (Å²) in [5, 5.41) is 3.17. The molecule has 2 fully saturated rings. The average molecular weight is 689 g/mol. The summed E-state index contributed by atoms with van der Waals surface area (Å²) in [5.74, 6) is -1.33. The van der Waals surface area contributed by atoms with Crippen LogP contribution in [0, 0.1) is 0 Å². The van der Waals surface area contributed by atoms with Crippen LogP contribution in [0.3, 0.4) is 0 Å². The molecule has 2 aliphatic heterocycles. The molecule has 264 valence electrons. The topological polar surface area (TPSA) is 147 Å². The van der Waals surface area contributed by atoms with Crippen molar-refractivity contribution in [2.24, 2.45) is 0 Å². The lowest BCUT2D eigenvalue weighted by molar-refractivity contribution is -0.130. The zero-order valence-electron chi connectivity index (χ0n) is 28.4. The first-order valence-corrected chi connectivity index (χ1v) is 16.8. The minimum atomic E-state index is -1.40. The maximum absolute atomic E-state index is 14.5. The number of amides is 3. The van der Waals surface area contributed by atoms with E-state index in [1.807, 2.05) is 20.8 Å². The second kappa shape index (κ2) is 14.8. The van der Waals surface area contributed by atoms with Crippen LogP contribution >= 0.6 is 0 Å². The highest BCUT2D eigenvalue weighted by atomic mass is 19.1. The summed E-state index contributed by atoms with van der Waals surface area (Å²) in [5.41, 5.74) is 1.25. The van der Waals surface area contributed by atoms with Crippen LogP contribution in [0.2, 0.25) is 0 Å². The Morgan fingerprint density at radius 2 is 1.80 bits per heavy atom. The molecule has 0 aliphatic carbocycles. The summed E-state index contributed by atoms with van der Waals surface area (Å²) in [7, 11) is 0. The molecule has 2 aromatic carbocycles. The maximum Gasteiger partial charge on any atom is 0.410 e. The first-order valence-electron chi connectivity index (χ1n) is 16.8. The number of pyridine rings is 1. The van der Waals surface area contributed by atoms with Crippen LogP contribution in [0.25, 0.3) is 22.0 Å². The highest BCUT2D eigenvalue weighted by Gasteiger charge is 2.41. The number of halogens is 1. The van der Waals surface area contributed by atoms with Gasteiger partial charge in [-0.25, -0.2) is 14.2 Å². The normalized spacial score (nSPS) is 18.4. The second-order valence-corrected chi connectivity index (χ2v) is 13.5. The Bertz CT molecular complexity index is 1850. The van der Waals surface area contributed by atoms with Crippen LogP contribution in [0.4, 0.5) is 9.18 Å². The zero-order valence-corrected chi connectivity index (χ0v) is 28.4. The summed E-state index contributed by atoms with van der Waals surface area (Å²) in [6, 6.07) is 12.6. The van der Waals surface area contributed by atoms with Gasteiger partial charge >= 0.3 is 6.09 Å². The van der Waals surface area contributed by atoms with Crippen molar-refractivity contribution >= 4 is 45.7 Å². The molecule has 50 heavy (non-hydrogen) atoms. The molecule has 2 aliphatic rings. The van der Waals surface area contributed by atoms with Crippen molar-refractivity contribution in [1.29, 1.82) is 0 Å². The minimum Gasteiger partial charge on any atom is -0.494 e. The van der Waals surface area contributed by atoms with Gasteiger partial charge in [0.25, 0.3) is 11.8 Å². The highest BCUT2D eigenvalue weighted by molar-refractivity contribution is 6.07. The molecular formula is C36H41FN6O7. The molecule has 0 saturated carbocycles. The van der Waals surface area contributed by atoms with Gasteiger partial charge in [0.1, 0.15) is 29.1 Å². The number of benzene rings is 2. The van der Waals surface area contributed by atoms with Gasteiger partial charge in [0, 0.05) is 50.7 Å². The molecule has 6 rings (SSSR count). The largest absolute Gasteiger partial charge is 0.494 e. The highest BCUT2D eigenvalue weighted by Crippen LogP contribution is 2.26. The first kappa shape index (κ1) is 34.7. The number of carbonyl (C=O) groups excluding carboxylic acids is 4. The number of fused-ring (bicyclic) bond motifs is 2. The number of oxazole rings is 1. The maximum atomic E-state index is 14.5. The molecule has 14 heteroatoms. The number of ether oxygens (including phenoxy) is 2. The van der Waals surface area contributed by atoms with E-state index in [1.165, 1.54) is 6.20 Å². The fourth-order valence-electron chi connectivity index (χ4n) is 6.15. The molecule has 13 nitrogen and oxygen atoms in total. The molecule has 2 unspecified atom stereocenters. The van der Waals surface area contributed by atoms with Crippen LogP contribution in [0.1, 0.15) is 54.7 Å². The molecule has 0 radical (unpaired) electrons. The van der Waals surface area contributed by atoms with Crippen molar-refractivity contribution in [3.8, 4) is 5.75 Å². The predicted octanol–water partition coefficient (Wildman–Crippen LogP) is 4.25. The lowest BCUT2D eigenvalue weighted by Gasteiger charge is -2.35. The van der Waals surface area contributed by atoms with Crippen molar-refractivity contribution < 1.29 is 37.5 Å². The third kappa shape index (κ3) is 8.19. The number of aromatic nitrogens is 2. The molecule has 3 amide bonds. The number of carbonyl (C=O) groups is 4. The van der Waals surface area contributed by atoms with Gasteiger partial charge in [0.15, 0.2) is 5.58 Å². The van der Waals surface area contributed by atoms with Gasteiger partial charge in [-0.15, -0.1) is 0 Å². The van der Waals surface area contributed by atoms with E-state index in [1.54, 1.807) is 53.4 Å². The van der Waals surface area contributed by atoms with Crippen LogP contribution in [0.5, 0.6) is 5.75 Å². The Hall–Kier alpha value is -5.11. The number of ketones is 1. The molecule has 0 spiro atoms. The number of rotatable bonds is 10. The SMILES string of the molecule is CC(C)(C)OC(=O)N1CCN(CCCOc2ccc3nccc(C(=O)NCC(=O)N4CC(F)CC4C(=O)c4nc5ccccc5o4)c3c2)CC1. The third-order valence-corrected chi connectivity index (χ3v) is 8.65. The molecule has 2 aromatic heterocycles. The Morgan fingerprint density at radius 3 is 2.56 bits per heavy atom. The van der Waals surface area contributed by atoms with Gasteiger partial charge in [-0.1, -0.05) is 12.1 Å². The number of piperazine rings is 1. The van der Waals surface area contributed by atoms with E-state index >= 15 is 0 Å². The van der Waals surface area contributed by atoms with E-state index in [0.29, 0.717) is 53.0 Å². The van der Waals surface area contributed by atoms with Gasteiger partial charge < -0.3 is 29.0 Å². The van der Waals surface area contributed by atoms with Gasteiger partial charge in [-0.05, 0) is 63.6 Å². The van der Waals surface area contributed by atoms with Crippen molar-refractivity contribution in [3.05, 3.63) is 66.2 Å². The van der Waals surface area contributed by atoms with E-state index in [2.05, 4.69) is 20.2 Å². The Kier molecular flexibility index (Phi) is 10.3. The summed E-state index contributed by atoms with van der Waals surface area (Å²) >= 11 is 0. The number of hydrogen-bond acceptors (Lipinski definition) is 10. The van der Waals surface area contributed by atoms with Gasteiger partial charge in [-0.2, -0.15) is 0 Å². The van der Waals surface area contributed by atoms with E-state index in [0.717, 1.165) is 31.0 Å². The number of hydrogen-bond donors (Lipinski definition) is 1. The smallest absolute Gasteiger partial charge is 0.410 e. The van der Waals surface area contributed by atoms with E-state index < -0.39 is 42.0 Å². The predicted molar refractivity (Wildman–Crippen MR) is 182 cm³/mol. The standard InChI is InChI=1S/C36H41FN6O7/c1-36(2,3)50-35(47)42-16-14-41(15-17-42)13-6-18-48-24-9-10-27-26(20-24)25(11-12-38-27)33(46)39-21-31(44)43-22-23(37)19-29(43)32(45)34-40-28-7-4-5-8-30(28)49-34/h4-5,7-12,20,23,29H,6,13-19,21-22H2,1-3H3,(H,39,46). The van der Waals surface area contributed by atoms with E-state index in [-0.39, 0.29) is 24.9 Å². The van der Waals surface area contributed by atoms with Crippen LogP contribution in [-0.4, -0.2) is 119 Å². The zero-order chi connectivity index (χ0) is 35.4. The van der Waals surface area contributed by atoms with Crippen LogP contribution in [0.15, 0.2) is 59.1 Å². The summed E-state index contributed by atoms with van der Waals surface area (Å²) in [6.45, 7) is 8.84. The van der Waals surface area contributed by atoms with E-state index in [4.69, 9.17) is 13.9 Å². The number of para-hydroxylation sites is 2. The van der Waals surface area contributed by atoms with Gasteiger partial charge in [-0.3, -0.25) is 24.3 Å². The van der Waals surface area contributed by atoms with Crippen molar-refractivity contribution in [2.75, 3.05) is 52.4 Å². The Morgan fingerprint density at radius 1 is 1.02 bits per heavy atom. The summed E-state index contributed by atoms with van der Waals surface area (Å²) in [6.07, 6.45) is 0.403. The number of nitrogens with one attached hydrogen (secondary N) is 1. The van der Waals surface area contributed by atoms with Crippen molar-refractivity contribution in [2.45, 2.75) is 51.4 Å². The number of Topliss-reactive ketones (excluding diaryl/α,β-unsaturated/α-hetero) is 1. The number of alkyl halides is 1. The molecule has 4 heterocycles. The fourth-order valence-corrected chi connectivity index (χ4v) is 6.15. The minimum absolute atomic E-state index is 0.181.